The average molecular weight is 466 g/mol. The Balaban J connectivity index is 2.00. The predicted molar refractivity (Wildman–Crippen MR) is 120 cm³/mol. The number of phenolic OH excluding ortho intramolecular Hbond substituents is 2. The maximum absolute atomic E-state index is 12.2. The van der Waals surface area contributed by atoms with Gasteiger partial charge in [0, 0.05) is 6.07 Å². The van der Waals surface area contributed by atoms with Crippen LogP contribution in [0.1, 0.15) is 0 Å². The molecule has 0 bridgehead atoms. The van der Waals surface area contributed by atoms with Crippen molar-refractivity contribution in [1.82, 2.24) is 0 Å². The Morgan fingerprint density at radius 3 is 1.26 bits per heavy atom. The Hall–Kier alpha value is -5.26. The fourth-order valence-corrected chi connectivity index (χ4v) is 2.81. The standard InChI is InChI=1S/C22H18N4O8/c27-17-12-18(28)16(24-26(20(30)22(33)34)14-9-5-2-6-10-14)11-15(17)23-25(19(29)21(31)32)13-7-3-1-4-8-13/h1-12,23-24,27-28H,(H,31,32)(H,33,34). The number of carbonyl (C=O) groups is 4. The number of nitrogens with zero attached hydrogens (tertiary/aromatic N) is 2. The van der Waals surface area contributed by atoms with Crippen molar-refractivity contribution in [3.8, 4) is 11.5 Å². The molecule has 0 atom stereocenters. The third-order valence-electron chi connectivity index (χ3n) is 4.38. The van der Waals surface area contributed by atoms with Crippen LogP contribution in [0.25, 0.3) is 0 Å². The smallest absolute Gasteiger partial charge is 0.396 e. The second-order valence-corrected chi connectivity index (χ2v) is 6.67. The number of phenols is 2. The number of nitrogens with one attached hydrogen (secondary N) is 2. The van der Waals surface area contributed by atoms with E-state index in [1.165, 1.54) is 24.3 Å². The van der Waals surface area contributed by atoms with Gasteiger partial charge >= 0.3 is 23.8 Å². The summed E-state index contributed by atoms with van der Waals surface area (Å²) in [6.45, 7) is 0. The summed E-state index contributed by atoms with van der Waals surface area (Å²) in [5.41, 5.74) is 4.69. The number of carboxylic acid groups (broad SMARTS) is 2. The second kappa shape index (κ2) is 9.91. The highest BCUT2D eigenvalue weighted by Gasteiger charge is 2.26. The largest absolute Gasteiger partial charge is 0.506 e. The van der Waals surface area contributed by atoms with Crippen LogP contribution in [-0.4, -0.2) is 44.2 Å². The zero-order valence-corrected chi connectivity index (χ0v) is 17.2. The van der Waals surface area contributed by atoms with Gasteiger partial charge in [-0.05, 0) is 30.3 Å². The molecule has 0 radical (unpaired) electrons. The second-order valence-electron chi connectivity index (χ2n) is 6.67. The number of aromatic hydroxyl groups is 2. The number of carboxylic acids is 2. The fourth-order valence-electron chi connectivity index (χ4n) is 2.81. The number of carbonyl (C=O) groups excluding carboxylic acids is 2. The van der Waals surface area contributed by atoms with E-state index in [0.717, 1.165) is 12.1 Å². The molecule has 0 aliphatic carbocycles. The van der Waals surface area contributed by atoms with Crippen molar-refractivity contribution in [1.29, 1.82) is 0 Å². The molecule has 12 nitrogen and oxygen atoms in total. The average Bonchev–Trinajstić information content (AvgIpc) is 2.83. The first-order valence-electron chi connectivity index (χ1n) is 9.53. The van der Waals surface area contributed by atoms with Crippen LogP contribution in [0.5, 0.6) is 11.5 Å². The Bertz CT molecular complexity index is 1140. The Kier molecular flexibility index (Phi) is 6.82. The van der Waals surface area contributed by atoms with Crippen molar-refractivity contribution in [2.45, 2.75) is 0 Å². The van der Waals surface area contributed by atoms with E-state index in [2.05, 4.69) is 10.9 Å². The summed E-state index contributed by atoms with van der Waals surface area (Å²) in [7, 11) is 0. The number of hydrogen-bond donors (Lipinski definition) is 6. The van der Waals surface area contributed by atoms with Gasteiger partial charge in [-0.2, -0.15) is 0 Å². The molecule has 0 saturated carbocycles. The van der Waals surface area contributed by atoms with Gasteiger partial charge in [0.05, 0.1) is 22.7 Å². The van der Waals surface area contributed by atoms with Crippen molar-refractivity contribution in [2.75, 3.05) is 20.9 Å². The predicted octanol–water partition coefficient (Wildman–Crippen LogP) is 1.99. The van der Waals surface area contributed by atoms with Crippen LogP contribution in [0.2, 0.25) is 0 Å². The summed E-state index contributed by atoms with van der Waals surface area (Å²) in [4.78, 5) is 47.1. The van der Waals surface area contributed by atoms with Crippen molar-refractivity contribution in [3.05, 3.63) is 72.8 Å². The lowest BCUT2D eigenvalue weighted by Crippen LogP contribution is -2.41. The monoisotopic (exact) mass is 466 g/mol. The van der Waals surface area contributed by atoms with E-state index >= 15 is 0 Å². The topological polar surface area (TPSA) is 180 Å². The molecule has 2 amide bonds. The van der Waals surface area contributed by atoms with Crippen LogP contribution in [0.3, 0.4) is 0 Å². The van der Waals surface area contributed by atoms with Gasteiger partial charge in [-0.1, -0.05) is 36.4 Å². The highest BCUT2D eigenvalue weighted by atomic mass is 16.4. The van der Waals surface area contributed by atoms with Crippen molar-refractivity contribution >= 4 is 46.5 Å². The van der Waals surface area contributed by atoms with Gasteiger partial charge in [-0.25, -0.2) is 19.6 Å². The Labute approximate surface area is 191 Å². The first-order chi connectivity index (χ1) is 16.2. The van der Waals surface area contributed by atoms with Gasteiger partial charge in [-0.15, -0.1) is 0 Å². The lowest BCUT2D eigenvalue weighted by atomic mass is 10.2. The number of hydrogen-bond acceptors (Lipinski definition) is 8. The minimum atomic E-state index is -1.78. The maximum atomic E-state index is 12.2. The quantitative estimate of drug-likeness (QED) is 0.136. The Morgan fingerprint density at radius 1 is 0.588 bits per heavy atom. The lowest BCUT2D eigenvalue weighted by molar-refractivity contribution is -0.148. The number of hydrazine groups is 2. The normalized spacial score (nSPS) is 10.1. The van der Waals surface area contributed by atoms with Crippen LogP contribution in [0.15, 0.2) is 72.8 Å². The summed E-state index contributed by atoms with van der Waals surface area (Å²) in [6.07, 6.45) is 0. The molecule has 0 heterocycles. The molecule has 3 aromatic carbocycles. The molecule has 0 spiro atoms. The molecule has 0 fully saturated rings. The summed E-state index contributed by atoms with van der Waals surface area (Å²) < 4.78 is 0. The molecule has 3 aromatic rings. The van der Waals surface area contributed by atoms with E-state index in [0.29, 0.717) is 10.0 Å². The van der Waals surface area contributed by atoms with Crippen molar-refractivity contribution < 1.29 is 39.6 Å². The van der Waals surface area contributed by atoms with Gasteiger partial charge in [0.25, 0.3) is 0 Å². The first-order valence-corrected chi connectivity index (χ1v) is 9.53. The number of aliphatic carboxylic acids is 2. The SMILES string of the molecule is O=C(O)C(=O)N(Nc1cc(NN(C(=O)C(=O)O)c2ccccc2)c(O)cc1O)c1ccccc1. The van der Waals surface area contributed by atoms with Crippen LogP contribution < -0.4 is 20.9 Å². The van der Waals surface area contributed by atoms with E-state index < -0.39 is 35.3 Å². The Morgan fingerprint density at radius 2 is 0.941 bits per heavy atom. The highest BCUT2D eigenvalue weighted by molar-refractivity contribution is 6.38. The van der Waals surface area contributed by atoms with Crippen molar-refractivity contribution in [3.63, 3.8) is 0 Å². The number of rotatable bonds is 6. The number of anilines is 4. The van der Waals surface area contributed by atoms with Crippen molar-refractivity contribution in [2.24, 2.45) is 0 Å². The minimum absolute atomic E-state index is 0.129. The van der Waals surface area contributed by atoms with E-state index in [4.69, 9.17) is 0 Å². The fraction of sp³-hybridized carbons (Fsp3) is 0. The molecule has 12 heteroatoms. The van der Waals surface area contributed by atoms with Crippen LogP contribution in [0.4, 0.5) is 22.7 Å². The summed E-state index contributed by atoms with van der Waals surface area (Å²) in [5, 5.41) is 40.2. The van der Waals surface area contributed by atoms with Crippen LogP contribution in [0, 0.1) is 0 Å². The third kappa shape index (κ3) is 5.13. The molecule has 0 aliphatic rings. The van der Waals surface area contributed by atoms with Gasteiger partial charge in [-0.3, -0.25) is 20.4 Å². The lowest BCUT2D eigenvalue weighted by Gasteiger charge is -2.26. The maximum Gasteiger partial charge on any atom is 0.396 e. The molecule has 6 N–H and O–H groups in total. The summed E-state index contributed by atoms with van der Waals surface area (Å²) >= 11 is 0. The van der Waals surface area contributed by atoms with Gasteiger partial charge in [0.2, 0.25) is 0 Å². The molecule has 0 aliphatic heterocycles. The molecule has 34 heavy (non-hydrogen) atoms. The van der Waals surface area contributed by atoms with E-state index in [1.54, 1.807) is 36.4 Å². The molecule has 174 valence electrons. The molecular weight excluding hydrogens is 448 g/mol. The first kappa shape index (κ1) is 23.4. The summed E-state index contributed by atoms with van der Waals surface area (Å²) in [6, 6.07) is 17.2. The number of benzene rings is 3. The number of para-hydroxylation sites is 2. The van der Waals surface area contributed by atoms with Gasteiger partial charge in [0.1, 0.15) is 11.5 Å². The molecular formula is C22H18N4O8. The van der Waals surface area contributed by atoms with E-state index in [-0.39, 0.29) is 22.7 Å². The highest BCUT2D eigenvalue weighted by Crippen LogP contribution is 2.36. The van der Waals surface area contributed by atoms with Gasteiger partial charge < -0.3 is 20.4 Å². The minimum Gasteiger partial charge on any atom is -0.506 e. The number of amides is 2. The third-order valence-corrected chi connectivity index (χ3v) is 4.38. The molecule has 0 unspecified atom stereocenters. The molecule has 0 aromatic heterocycles. The van der Waals surface area contributed by atoms with Crippen LogP contribution >= 0.6 is 0 Å². The van der Waals surface area contributed by atoms with Crippen LogP contribution in [-0.2, 0) is 19.2 Å². The molecule has 3 rings (SSSR count). The zero-order valence-electron chi connectivity index (χ0n) is 17.2. The zero-order chi connectivity index (χ0) is 24.8. The molecule has 0 saturated heterocycles. The van der Waals surface area contributed by atoms with E-state index in [9.17, 15) is 39.6 Å². The van der Waals surface area contributed by atoms with E-state index in [1.807, 2.05) is 0 Å². The summed E-state index contributed by atoms with van der Waals surface area (Å²) in [5.74, 6) is -7.46. The van der Waals surface area contributed by atoms with Gasteiger partial charge in [0.15, 0.2) is 0 Å².